The molecule has 0 unspecified atom stereocenters. The van der Waals surface area contributed by atoms with Crippen LogP contribution in [0.3, 0.4) is 0 Å². The van der Waals surface area contributed by atoms with Crippen LogP contribution in [0.15, 0.2) is 18.2 Å². The van der Waals surface area contributed by atoms with Crippen molar-refractivity contribution in [1.29, 1.82) is 0 Å². The molecule has 1 amide bonds. The number of carboxylic acids is 1. The number of benzene rings is 1. The van der Waals surface area contributed by atoms with Gasteiger partial charge in [-0.05, 0) is 18.2 Å². The monoisotopic (exact) mass is 303 g/mol. The highest BCUT2D eigenvalue weighted by Crippen LogP contribution is 2.16. The fourth-order valence-electron chi connectivity index (χ4n) is 1.33. The molecule has 0 aliphatic heterocycles. The molecular weight excluding hydrogens is 293 g/mol. The number of esters is 1. The molecule has 0 fully saturated rings. The van der Waals surface area contributed by atoms with Gasteiger partial charge in [-0.3, -0.25) is 9.59 Å². The number of hydrogen-bond acceptors (Lipinski definition) is 4. The van der Waals surface area contributed by atoms with Crippen molar-refractivity contribution in [3.8, 4) is 0 Å². The van der Waals surface area contributed by atoms with E-state index in [1.165, 1.54) is 0 Å². The number of carbonyl (C=O) groups excluding carboxylic acids is 2. The first kappa shape index (κ1) is 15.9. The molecule has 0 bridgehead atoms. The van der Waals surface area contributed by atoms with Crippen molar-refractivity contribution >= 4 is 29.4 Å². The second-order valence-electron chi connectivity index (χ2n) is 3.77. The van der Waals surface area contributed by atoms with Crippen molar-refractivity contribution in [2.45, 2.75) is 12.5 Å². The van der Waals surface area contributed by atoms with Crippen molar-refractivity contribution < 1.29 is 28.6 Å². The van der Waals surface area contributed by atoms with E-state index in [-0.39, 0.29) is 10.6 Å². The topological polar surface area (TPSA) is 92.7 Å². The fraction of sp³-hybridized carbons (Fsp3) is 0.250. The minimum atomic E-state index is -1.45. The molecule has 20 heavy (non-hydrogen) atoms. The van der Waals surface area contributed by atoms with Crippen LogP contribution < -0.4 is 5.32 Å². The maximum absolute atomic E-state index is 13.0. The summed E-state index contributed by atoms with van der Waals surface area (Å²) in [6.45, 7) is 0. The molecule has 0 heterocycles. The maximum Gasteiger partial charge on any atom is 0.326 e. The highest BCUT2D eigenvalue weighted by atomic mass is 35.5. The molecule has 0 aromatic heterocycles. The van der Waals surface area contributed by atoms with Gasteiger partial charge in [-0.1, -0.05) is 11.6 Å². The van der Waals surface area contributed by atoms with Crippen LogP contribution in [0.2, 0.25) is 5.02 Å². The fourth-order valence-corrected chi connectivity index (χ4v) is 1.51. The molecule has 1 rings (SSSR count). The van der Waals surface area contributed by atoms with E-state index in [0.717, 1.165) is 25.3 Å². The minimum Gasteiger partial charge on any atom is -0.480 e. The van der Waals surface area contributed by atoms with Gasteiger partial charge in [-0.2, -0.15) is 0 Å². The Morgan fingerprint density at radius 2 is 2.10 bits per heavy atom. The highest BCUT2D eigenvalue weighted by Gasteiger charge is 2.24. The van der Waals surface area contributed by atoms with E-state index in [9.17, 15) is 18.8 Å². The first-order chi connectivity index (χ1) is 9.35. The van der Waals surface area contributed by atoms with E-state index in [1.54, 1.807) is 0 Å². The lowest BCUT2D eigenvalue weighted by Gasteiger charge is -2.13. The van der Waals surface area contributed by atoms with Gasteiger partial charge in [0.05, 0.1) is 18.6 Å². The number of carboxylic acid groups (broad SMARTS) is 1. The summed E-state index contributed by atoms with van der Waals surface area (Å²) in [4.78, 5) is 33.8. The summed E-state index contributed by atoms with van der Waals surface area (Å²) in [5.41, 5.74) is -0.0208. The van der Waals surface area contributed by atoms with E-state index < -0.39 is 36.1 Å². The van der Waals surface area contributed by atoms with Crippen LogP contribution in [-0.4, -0.2) is 36.1 Å². The molecule has 8 heteroatoms. The van der Waals surface area contributed by atoms with Gasteiger partial charge in [0.15, 0.2) is 0 Å². The van der Waals surface area contributed by atoms with Gasteiger partial charge in [0.25, 0.3) is 5.91 Å². The second-order valence-corrected chi connectivity index (χ2v) is 4.18. The molecule has 0 saturated heterocycles. The molecule has 6 nitrogen and oxygen atoms in total. The molecule has 1 aromatic rings. The highest BCUT2D eigenvalue weighted by molar-refractivity contribution is 6.31. The second kappa shape index (κ2) is 6.85. The van der Waals surface area contributed by atoms with Crippen LogP contribution in [0.1, 0.15) is 16.8 Å². The summed E-state index contributed by atoms with van der Waals surface area (Å²) in [6.07, 6.45) is -0.521. The smallest absolute Gasteiger partial charge is 0.326 e. The van der Waals surface area contributed by atoms with Crippen molar-refractivity contribution in [3.05, 3.63) is 34.6 Å². The average molecular weight is 304 g/mol. The Morgan fingerprint density at radius 1 is 1.45 bits per heavy atom. The van der Waals surface area contributed by atoms with E-state index in [2.05, 4.69) is 10.1 Å². The molecule has 1 aromatic carbocycles. The normalized spacial score (nSPS) is 11.6. The Balaban J connectivity index is 2.82. The molecular formula is C12H11ClFNO5. The van der Waals surface area contributed by atoms with E-state index >= 15 is 0 Å². The predicted octanol–water partition coefficient (Wildman–Crippen LogP) is 1.23. The zero-order valence-electron chi connectivity index (χ0n) is 10.4. The Bertz CT molecular complexity index is 549. The summed E-state index contributed by atoms with van der Waals surface area (Å²) in [5, 5.41) is 10.8. The van der Waals surface area contributed by atoms with E-state index in [4.69, 9.17) is 16.7 Å². The van der Waals surface area contributed by atoms with Crippen molar-refractivity contribution in [1.82, 2.24) is 5.32 Å². The van der Waals surface area contributed by atoms with Crippen LogP contribution in [0.4, 0.5) is 4.39 Å². The lowest BCUT2D eigenvalue weighted by Crippen LogP contribution is -2.42. The Hall–Kier alpha value is -2.15. The predicted molar refractivity (Wildman–Crippen MR) is 66.9 cm³/mol. The van der Waals surface area contributed by atoms with Gasteiger partial charge in [0, 0.05) is 5.56 Å². The lowest BCUT2D eigenvalue weighted by atomic mass is 10.1. The Kier molecular flexibility index (Phi) is 5.45. The SMILES string of the molecule is COC(=O)C[C@H](NC(=O)c1ccc(F)c(Cl)c1)C(=O)O. The van der Waals surface area contributed by atoms with Gasteiger partial charge in [0.1, 0.15) is 11.9 Å². The molecule has 0 radical (unpaired) electrons. The summed E-state index contributed by atoms with van der Waals surface area (Å²) in [6, 6.07) is 1.74. The molecule has 0 aliphatic carbocycles. The minimum absolute atomic E-state index is 0.0208. The Morgan fingerprint density at radius 3 is 2.60 bits per heavy atom. The van der Waals surface area contributed by atoms with Gasteiger partial charge in [0.2, 0.25) is 0 Å². The van der Waals surface area contributed by atoms with Gasteiger partial charge >= 0.3 is 11.9 Å². The van der Waals surface area contributed by atoms with Crippen LogP contribution in [0, 0.1) is 5.82 Å². The third-order valence-corrected chi connectivity index (χ3v) is 2.67. The molecule has 108 valence electrons. The number of aliphatic carboxylic acids is 1. The largest absolute Gasteiger partial charge is 0.480 e. The number of halogens is 2. The lowest BCUT2D eigenvalue weighted by molar-refractivity contribution is -0.147. The zero-order chi connectivity index (χ0) is 15.3. The van der Waals surface area contributed by atoms with Crippen LogP contribution in [-0.2, 0) is 14.3 Å². The van der Waals surface area contributed by atoms with Crippen molar-refractivity contribution in [2.24, 2.45) is 0 Å². The number of amides is 1. The van der Waals surface area contributed by atoms with E-state index in [1.807, 2.05) is 0 Å². The van der Waals surface area contributed by atoms with Crippen molar-refractivity contribution in [3.63, 3.8) is 0 Å². The van der Waals surface area contributed by atoms with Crippen LogP contribution in [0.25, 0.3) is 0 Å². The quantitative estimate of drug-likeness (QED) is 0.798. The van der Waals surface area contributed by atoms with Crippen LogP contribution in [0.5, 0.6) is 0 Å². The summed E-state index contributed by atoms with van der Waals surface area (Å²) >= 11 is 5.52. The maximum atomic E-state index is 13.0. The number of hydrogen-bond donors (Lipinski definition) is 2. The number of rotatable bonds is 5. The Labute approximate surface area is 118 Å². The number of ether oxygens (including phenoxy) is 1. The number of carbonyl (C=O) groups is 3. The molecule has 2 N–H and O–H groups in total. The third-order valence-electron chi connectivity index (χ3n) is 2.38. The average Bonchev–Trinajstić information content (AvgIpc) is 2.40. The van der Waals surface area contributed by atoms with Gasteiger partial charge in [-0.25, -0.2) is 9.18 Å². The summed E-state index contributed by atoms with van der Waals surface area (Å²) in [7, 11) is 1.10. The first-order valence-corrected chi connectivity index (χ1v) is 5.78. The standard InChI is InChI=1S/C12H11ClFNO5/c1-20-10(16)5-9(12(18)19)15-11(17)6-2-3-8(14)7(13)4-6/h2-4,9H,5H2,1H3,(H,15,17)(H,18,19)/t9-/m0/s1. The summed E-state index contributed by atoms with van der Waals surface area (Å²) < 4.78 is 17.3. The number of nitrogens with one attached hydrogen (secondary N) is 1. The molecule has 0 aliphatic rings. The molecule has 0 saturated carbocycles. The number of methoxy groups -OCH3 is 1. The zero-order valence-corrected chi connectivity index (χ0v) is 11.1. The third kappa shape index (κ3) is 4.20. The molecule has 0 spiro atoms. The first-order valence-electron chi connectivity index (χ1n) is 5.40. The van der Waals surface area contributed by atoms with Gasteiger partial charge in [-0.15, -0.1) is 0 Å². The molecule has 1 atom stereocenters. The van der Waals surface area contributed by atoms with Crippen LogP contribution >= 0.6 is 11.6 Å². The van der Waals surface area contributed by atoms with Gasteiger partial charge < -0.3 is 15.2 Å². The van der Waals surface area contributed by atoms with E-state index in [0.29, 0.717) is 0 Å². The van der Waals surface area contributed by atoms with Crippen molar-refractivity contribution in [2.75, 3.05) is 7.11 Å². The summed E-state index contributed by atoms with van der Waals surface area (Å²) in [5.74, 6) is -3.66.